The number of hydrogen-bond acceptors (Lipinski definition) is 2. The van der Waals surface area contributed by atoms with Gasteiger partial charge in [-0.25, -0.2) is 18.6 Å². The van der Waals surface area contributed by atoms with Crippen LogP contribution in [0.15, 0.2) is 12.1 Å². The summed E-state index contributed by atoms with van der Waals surface area (Å²) in [5.74, 6) is -2.61. The van der Waals surface area contributed by atoms with E-state index in [0.29, 0.717) is 17.7 Å². The molecule has 0 spiro atoms. The van der Waals surface area contributed by atoms with Gasteiger partial charge in [0.25, 0.3) is 0 Å². The van der Waals surface area contributed by atoms with Crippen molar-refractivity contribution in [2.24, 2.45) is 0 Å². The van der Waals surface area contributed by atoms with E-state index < -0.39 is 17.6 Å². The Bertz CT molecular complexity index is 743. The van der Waals surface area contributed by atoms with Crippen molar-refractivity contribution in [2.75, 3.05) is 0 Å². The maximum Gasteiger partial charge on any atom is 0.336 e. The Kier molecular flexibility index (Phi) is 3.35. The highest BCUT2D eigenvalue weighted by Crippen LogP contribution is 2.37. The van der Waals surface area contributed by atoms with Crippen LogP contribution in [0.4, 0.5) is 8.78 Å². The lowest BCUT2D eigenvalue weighted by atomic mass is 9.82. The monoisotopic (exact) mass is 291 g/mol. The predicted molar refractivity (Wildman–Crippen MR) is 74.6 cm³/mol. The molecule has 0 amide bonds. The summed E-state index contributed by atoms with van der Waals surface area (Å²) >= 11 is 0. The zero-order chi connectivity index (χ0) is 15.1. The molecule has 0 aliphatic heterocycles. The first-order valence-electron chi connectivity index (χ1n) is 7.07. The predicted octanol–water partition coefficient (Wildman–Crippen LogP) is 4.04. The molecule has 1 N–H and O–H groups in total. The minimum atomic E-state index is -1.15. The Balaban J connectivity index is 2.43. The molecule has 1 atom stereocenters. The molecule has 0 fully saturated rings. The molecule has 1 unspecified atom stereocenters. The van der Waals surface area contributed by atoms with Crippen molar-refractivity contribution in [3.05, 3.63) is 40.6 Å². The van der Waals surface area contributed by atoms with Gasteiger partial charge in [-0.2, -0.15) is 0 Å². The fourth-order valence-corrected chi connectivity index (χ4v) is 3.24. The van der Waals surface area contributed by atoms with Crippen molar-refractivity contribution < 1.29 is 18.7 Å². The summed E-state index contributed by atoms with van der Waals surface area (Å²) in [4.78, 5) is 16.0. The highest BCUT2D eigenvalue weighted by molar-refractivity contribution is 6.04. The minimum absolute atomic E-state index is 0.00606. The second-order valence-electron chi connectivity index (χ2n) is 5.44. The molecule has 2 aromatic rings. The molecular formula is C16H15F2NO2. The van der Waals surface area contributed by atoms with Crippen LogP contribution in [-0.4, -0.2) is 16.1 Å². The van der Waals surface area contributed by atoms with E-state index in [-0.39, 0.29) is 22.4 Å². The number of fused-ring (bicyclic) bond motifs is 2. The lowest BCUT2D eigenvalue weighted by Crippen LogP contribution is -2.17. The lowest BCUT2D eigenvalue weighted by molar-refractivity contribution is 0.0697. The molecule has 0 radical (unpaired) electrons. The van der Waals surface area contributed by atoms with Crippen molar-refractivity contribution in [2.45, 2.75) is 38.5 Å². The van der Waals surface area contributed by atoms with E-state index in [1.165, 1.54) is 0 Å². The molecule has 5 heteroatoms. The Morgan fingerprint density at radius 2 is 2.19 bits per heavy atom. The van der Waals surface area contributed by atoms with Crippen LogP contribution in [0.25, 0.3) is 10.9 Å². The summed E-state index contributed by atoms with van der Waals surface area (Å²) in [6.07, 6.45) is 3.21. The molecule has 1 heterocycles. The minimum Gasteiger partial charge on any atom is -0.478 e. The molecule has 1 aromatic heterocycles. The summed E-state index contributed by atoms with van der Waals surface area (Å²) < 4.78 is 27.5. The van der Waals surface area contributed by atoms with Crippen molar-refractivity contribution >= 4 is 16.9 Å². The number of carboxylic acid groups (broad SMARTS) is 1. The first kappa shape index (κ1) is 13.9. The van der Waals surface area contributed by atoms with Gasteiger partial charge in [0.05, 0.1) is 5.56 Å². The van der Waals surface area contributed by atoms with Gasteiger partial charge in [0.15, 0.2) is 5.82 Å². The third-order valence-corrected chi connectivity index (χ3v) is 4.21. The number of aromatic nitrogens is 1. The van der Waals surface area contributed by atoms with Gasteiger partial charge in [-0.05, 0) is 37.3 Å². The summed E-state index contributed by atoms with van der Waals surface area (Å²) in [6.45, 7) is 2.01. The third kappa shape index (κ3) is 2.17. The number of rotatable bonds is 2. The highest BCUT2D eigenvalue weighted by atomic mass is 19.1. The fraction of sp³-hybridized carbons (Fsp3) is 0.375. The van der Waals surface area contributed by atoms with Gasteiger partial charge in [0.2, 0.25) is 0 Å². The van der Waals surface area contributed by atoms with E-state index in [2.05, 4.69) is 4.98 Å². The van der Waals surface area contributed by atoms with Crippen molar-refractivity contribution in [1.82, 2.24) is 4.98 Å². The van der Waals surface area contributed by atoms with Crippen LogP contribution in [0.2, 0.25) is 0 Å². The molecule has 110 valence electrons. The zero-order valence-electron chi connectivity index (χ0n) is 11.6. The van der Waals surface area contributed by atoms with Gasteiger partial charge in [-0.1, -0.05) is 6.92 Å². The smallest absolute Gasteiger partial charge is 0.336 e. The molecular weight excluding hydrogens is 276 g/mol. The van der Waals surface area contributed by atoms with Crippen LogP contribution in [0, 0.1) is 11.6 Å². The van der Waals surface area contributed by atoms with Crippen LogP contribution in [0.1, 0.15) is 53.7 Å². The van der Waals surface area contributed by atoms with Crippen LogP contribution < -0.4 is 0 Å². The number of carboxylic acids is 1. The van der Waals surface area contributed by atoms with E-state index in [0.717, 1.165) is 31.4 Å². The Morgan fingerprint density at radius 3 is 2.86 bits per heavy atom. The molecule has 0 saturated heterocycles. The summed E-state index contributed by atoms with van der Waals surface area (Å²) in [7, 11) is 0. The van der Waals surface area contributed by atoms with Gasteiger partial charge >= 0.3 is 5.97 Å². The third-order valence-electron chi connectivity index (χ3n) is 4.21. The normalized spacial score (nSPS) is 17.8. The van der Waals surface area contributed by atoms with Gasteiger partial charge in [0.1, 0.15) is 11.3 Å². The topological polar surface area (TPSA) is 50.2 Å². The number of halogens is 2. The van der Waals surface area contributed by atoms with Crippen molar-refractivity contribution in [3.63, 3.8) is 0 Å². The summed E-state index contributed by atoms with van der Waals surface area (Å²) in [6, 6.07) is 1.81. The summed E-state index contributed by atoms with van der Waals surface area (Å²) in [5.41, 5.74) is 1.26. The van der Waals surface area contributed by atoms with E-state index in [1.807, 2.05) is 6.92 Å². The average molecular weight is 291 g/mol. The first-order chi connectivity index (χ1) is 10.0. The molecule has 1 aromatic carbocycles. The first-order valence-corrected chi connectivity index (χ1v) is 7.07. The van der Waals surface area contributed by atoms with Gasteiger partial charge in [-0.15, -0.1) is 0 Å². The van der Waals surface area contributed by atoms with Crippen molar-refractivity contribution in [1.29, 1.82) is 0 Å². The van der Waals surface area contributed by atoms with E-state index >= 15 is 0 Å². The van der Waals surface area contributed by atoms with Gasteiger partial charge in [0, 0.05) is 23.1 Å². The van der Waals surface area contributed by atoms with E-state index in [1.54, 1.807) is 0 Å². The summed E-state index contributed by atoms with van der Waals surface area (Å²) in [5, 5.41) is 9.56. The Labute approximate surface area is 120 Å². The molecule has 1 aliphatic carbocycles. The number of carbonyl (C=O) groups is 1. The van der Waals surface area contributed by atoms with Crippen LogP contribution in [0.3, 0.4) is 0 Å². The van der Waals surface area contributed by atoms with Crippen LogP contribution in [-0.2, 0) is 6.42 Å². The number of nitrogens with zero attached hydrogens (tertiary/aromatic N) is 1. The Morgan fingerprint density at radius 1 is 1.43 bits per heavy atom. The van der Waals surface area contributed by atoms with E-state index in [9.17, 15) is 18.7 Å². The zero-order valence-corrected chi connectivity index (χ0v) is 11.6. The number of benzene rings is 1. The molecule has 21 heavy (non-hydrogen) atoms. The van der Waals surface area contributed by atoms with Crippen molar-refractivity contribution in [3.8, 4) is 0 Å². The molecule has 1 aliphatic rings. The van der Waals surface area contributed by atoms with Gasteiger partial charge < -0.3 is 5.11 Å². The molecule has 3 nitrogen and oxygen atoms in total. The largest absolute Gasteiger partial charge is 0.478 e. The number of hydrogen-bond donors (Lipinski definition) is 1. The number of pyridine rings is 1. The average Bonchev–Trinajstić information content (AvgIpc) is 2.44. The second kappa shape index (κ2) is 5.06. The molecule has 3 rings (SSSR count). The second-order valence-corrected chi connectivity index (χ2v) is 5.44. The molecule has 0 saturated carbocycles. The quantitative estimate of drug-likeness (QED) is 0.908. The molecule has 0 bridgehead atoms. The lowest BCUT2D eigenvalue weighted by Gasteiger charge is -2.25. The fourth-order valence-electron chi connectivity index (χ4n) is 3.24. The standard InChI is InChI=1S/C16H15F2NO2/c1-2-8-4-3-5-10-13(16(20)21)11-6-9(17)7-12(18)15(11)19-14(8)10/h6-8H,2-5H2,1H3,(H,20,21). The highest BCUT2D eigenvalue weighted by Gasteiger charge is 2.28. The van der Waals surface area contributed by atoms with Crippen LogP contribution >= 0.6 is 0 Å². The number of aromatic carboxylic acids is 1. The Hall–Kier alpha value is -2.04. The van der Waals surface area contributed by atoms with Gasteiger partial charge in [-0.3, -0.25) is 0 Å². The SMILES string of the molecule is CCC1CCCc2c1nc1c(F)cc(F)cc1c2C(=O)O. The maximum atomic E-state index is 14.0. The van der Waals surface area contributed by atoms with E-state index in [4.69, 9.17) is 0 Å². The maximum absolute atomic E-state index is 14.0. The van der Waals surface area contributed by atoms with Crippen LogP contribution in [0.5, 0.6) is 0 Å².